The standard InChI is InChI=1S/C23H30F3N3O/c1-14-5-3-4-8-28(14)18-6-7-22(11-18)15(2)20-10-19-16(13-29(20)21(22)30)9-17(12-27-19)23(24,25)26/h9,12,14-15,18,20H,3-8,10-11,13H2,1-2H3/t14-,15?,18?,20?,22-/m0/s1. The first-order chi connectivity index (χ1) is 14.2. The molecule has 3 unspecified atom stereocenters. The second-order valence-corrected chi connectivity index (χ2v) is 9.96. The molecule has 1 spiro atoms. The minimum Gasteiger partial charge on any atom is -0.334 e. The van der Waals surface area contributed by atoms with Crippen molar-refractivity contribution in [2.45, 2.75) is 89.6 Å². The van der Waals surface area contributed by atoms with Crippen molar-refractivity contribution in [2.24, 2.45) is 11.3 Å². The van der Waals surface area contributed by atoms with Gasteiger partial charge in [0.2, 0.25) is 5.91 Å². The Labute approximate surface area is 175 Å². The fourth-order valence-corrected chi connectivity index (χ4v) is 6.74. The van der Waals surface area contributed by atoms with E-state index in [-0.39, 0.29) is 29.8 Å². The topological polar surface area (TPSA) is 36.4 Å². The second kappa shape index (κ2) is 6.94. The molecule has 30 heavy (non-hydrogen) atoms. The third kappa shape index (κ3) is 2.99. The molecular weight excluding hydrogens is 391 g/mol. The molecular formula is C23H30F3N3O. The van der Waals surface area contributed by atoms with E-state index in [1.807, 2.05) is 4.90 Å². The molecule has 1 aliphatic carbocycles. The number of nitrogens with zero attached hydrogens (tertiary/aromatic N) is 3. The van der Waals surface area contributed by atoms with Gasteiger partial charge in [0, 0.05) is 43.0 Å². The number of carbonyl (C=O) groups is 1. The predicted molar refractivity (Wildman–Crippen MR) is 107 cm³/mol. The average molecular weight is 422 g/mol. The van der Waals surface area contributed by atoms with Gasteiger partial charge in [-0.2, -0.15) is 13.2 Å². The van der Waals surface area contributed by atoms with Crippen molar-refractivity contribution in [3.63, 3.8) is 0 Å². The normalized spacial score (nSPS) is 37.0. The third-order valence-corrected chi connectivity index (χ3v) is 8.51. The third-order valence-electron chi connectivity index (χ3n) is 8.51. The van der Waals surface area contributed by atoms with E-state index in [0.29, 0.717) is 24.1 Å². The molecule has 164 valence electrons. The molecule has 1 aromatic rings. The highest BCUT2D eigenvalue weighted by Crippen LogP contribution is 2.55. The Morgan fingerprint density at radius 3 is 2.73 bits per heavy atom. The summed E-state index contributed by atoms with van der Waals surface area (Å²) in [6.07, 6.45) is 3.66. The molecule has 0 aromatic carbocycles. The summed E-state index contributed by atoms with van der Waals surface area (Å²) in [5.41, 5.74) is 0.189. The van der Waals surface area contributed by atoms with Crippen molar-refractivity contribution in [3.8, 4) is 0 Å². The van der Waals surface area contributed by atoms with Gasteiger partial charge in [-0.1, -0.05) is 13.3 Å². The molecule has 7 heteroatoms. The Bertz CT molecular complexity index is 857. The zero-order valence-electron chi connectivity index (χ0n) is 17.7. The van der Waals surface area contributed by atoms with Crippen LogP contribution >= 0.6 is 0 Å². The predicted octanol–water partition coefficient (Wildman–Crippen LogP) is 4.42. The Morgan fingerprint density at radius 2 is 2.00 bits per heavy atom. The summed E-state index contributed by atoms with van der Waals surface area (Å²) in [5.74, 6) is 0.363. The molecule has 0 N–H and O–H groups in total. The van der Waals surface area contributed by atoms with E-state index < -0.39 is 11.7 Å². The summed E-state index contributed by atoms with van der Waals surface area (Å²) in [5, 5.41) is 0. The van der Waals surface area contributed by atoms with Crippen LogP contribution < -0.4 is 0 Å². The van der Waals surface area contributed by atoms with Gasteiger partial charge in [-0.3, -0.25) is 14.7 Å². The van der Waals surface area contributed by atoms with Crippen molar-refractivity contribution in [1.29, 1.82) is 0 Å². The number of rotatable bonds is 1. The van der Waals surface area contributed by atoms with Crippen LogP contribution in [0.2, 0.25) is 0 Å². The lowest BCUT2D eigenvalue weighted by atomic mass is 9.73. The monoisotopic (exact) mass is 421 g/mol. The van der Waals surface area contributed by atoms with Gasteiger partial charge in [0.1, 0.15) is 0 Å². The number of pyridine rings is 1. The fraction of sp³-hybridized carbons (Fsp3) is 0.739. The maximum Gasteiger partial charge on any atom is 0.417 e. The van der Waals surface area contributed by atoms with E-state index in [0.717, 1.165) is 37.7 Å². The highest BCUT2D eigenvalue weighted by atomic mass is 19.4. The van der Waals surface area contributed by atoms with Crippen LogP contribution in [0.1, 0.15) is 69.2 Å². The summed E-state index contributed by atoms with van der Waals surface area (Å²) >= 11 is 0. The van der Waals surface area contributed by atoms with Crippen molar-refractivity contribution < 1.29 is 18.0 Å². The lowest BCUT2D eigenvalue weighted by Gasteiger charge is -2.39. The van der Waals surface area contributed by atoms with Gasteiger partial charge in [0.05, 0.1) is 11.0 Å². The zero-order valence-corrected chi connectivity index (χ0v) is 17.7. The summed E-state index contributed by atoms with van der Waals surface area (Å²) in [6.45, 7) is 5.85. The minimum atomic E-state index is -4.41. The van der Waals surface area contributed by atoms with Gasteiger partial charge >= 0.3 is 6.18 Å². The number of aromatic nitrogens is 1. The SMILES string of the molecule is CC1C2Cc3ncc(C(F)(F)F)cc3CN2C(=O)[C@]12CCC(N1CCCC[C@@H]1C)C2. The van der Waals surface area contributed by atoms with Crippen LogP contribution in [0.25, 0.3) is 0 Å². The quantitative estimate of drug-likeness (QED) is 0.674. The van der Waals surface area contributed by atoms with Crippen LogP contribution in [-0.2, 0) is 23.9 Å². The average Bonchev–Trinajstić information content (AvgIpc) is 3.24. The molecule has 3 fully saturated rings. The van der Waals surface area contributed by atoms with Gasteiger partial charge in [-0.05, 0) is 63.1 Å². The molecule has 4 heterocycles. The van der Waals surface area contributed by atoms with Crippen LogP contribution in [-0.4, -0.2) is 45.4 Å². The Morgan fingerprint density at radius 1 is 1.20 bits per heavy atom. The van der Waals surface area contributed by atoms with Crippen LogP contribution in [0, 0.1) is 11.3 Å². The number of carbonyl (C=O) groups excluding carboxylic acids is 1. The molecule has 2 saturated heterocycles. The van der Waals surface area contributed by atoms with Crippen LogP contribution in [0.5, 0.6) is 0 Å². The fourth-order valence-electron chi connectivity index (χ4n) is 6.74. The molecule has 5 atom stereocenters. The maximum atomic E-state index is 13.6. The lowest BCUT2D eigenvalue weighted by molar-refractivity contribution is -0.138. The number of alkyl halides is 3. The Kier molecular flexibility index (Phi) is 4.69. The van der Waals surface area contributed by atoms with E-state index in [1.165, 1.54) is 25.3 Å². The first-order valence-electron chi connectivity index (χ1n) is 11.3. The van der Waals surface area contributed by atoms with Gasteiger partial charge in [-0.15, -0.1) is 0 Å². The molecule has 3 aliphatic heterocycles. The highest BCUT2D eigenvalue weighted by molar-refractivity contribution is 5.87. The van der Waals surface area contributed by atoms with Crippen molar-refractivity contribution in [2.75, 3.05) is 6.54 Å². The molecule has 1 saturated carbocycles. The smallest absolute Gasteiger partial charge is 0.334 e. The first-order valence-corrected chi connectivity index (χ1v) is 11.3. The number of likely N-dealkylation sites (tertiary alicyclic amines) is 1. The summed E-state index contributed by atoms with van der Waals surface area (Å²) in [4.78, 5) is 22.3. The molecule has 1 amide bonds. The number of hydrogen-bond donors (Lipinski definition) is 0. The van der Waals surface area contributed by atoms with Gasteiger partial charge in [0.15, 0.2) is 0 Å². The van der Waals surface area contributed by atoms with Gasteiger partial charge < -0.3 is 4.90 Å². The zero-order chi connectivity index (χ0) is 21.3. The van der Waals surface area contributed by atoms with E-state index in [9.17, 15) is 18.0 Å². The van der Waals surface area contributed by atoms with E-state index in [2.05, 4.69) is 23.7 Å². The van der Waals surface area contributed by atoms with E-state index >= 15 is 0 Å². The molecule has 1 aromatic heterocycles. The van der Waals surface area contributed by atoms with Crippen LogP contribution in [0.3, 0.4) is 0 Å². The van der Waals surface area contributed by atoms with Crippen LogP contribution in [0.15, 0.2) is 12.3 Å². The molecule has 5 rings (SSSR count). The highest BCUT2D eigenvalue weighted by Gasteiger charge is 2.61. The van der Waals surface area contributed by atoms with Crippen molar-refractivity contribution in [1.82, 2.24) is 14.8 Å². The van der Waals surface area contributed by atoms with E-state index in [1.54, 1.807) is 0 Å². The maximum absolute atomic E-state index is 13.6. The Balaban J connectivity index is 1.39. The number of halogens is 3. The number of hydrogen-bond acceptors (Lipinski definition) is 3. The summed E-state index contributed by atoms with van der Waals surface area (Å²) in [6, 6.07) is 2.26. The van der Waals surface area contributed by atoms with E-state index in [4.69, 9.17) is 0 Å². The summed E-state index contributed by atoms with van der Waals surface area (Å²) in [7, 11) is 0. The molecule has 4 nitrogen and oxygen atoms in total. The lowest BCUT2D eigenvalue weighted by Crippen LogP contribution is -2.45. The second-order valence-electron chi connectivity index (χ2n) is 9.96. The number of fused-ring (bicyclic) bond motifs is 2. The van der Waals surface area contributed by atoms with Crippen molar-refractivity contribution in [3.05, 3.63) is 29.1 Å². The van der Waals surface area contributed by atoms with Crippen LogP contribution in [0.4, 0.5) is 13.2 Å². The minimum absolute atomic E-state index is 0.0479. The molecule has 0 radical (unpaired) electrons. The number of amides is 1. The molecule has 4 aliphatic rings. The molecule has 0 bridgehead atoms. The largest absolute Gasteiger partial charge is 0.417 e. The van der Waals surface area contributed by atoms with Gasteiger partial charge in [-0.25, -0.2) is 0 Å². The summed E-state index contributed by atoms with van der Waals surface area (Å²) < 4.78 is 39.4. The number of piperidine rings is 1. The van der Waals surface area contributed by atoms with Gasteiger partial charge in [0.25, 0.3) is 0 Å². The first kappa shape index (κ1) is 20.3. The van der Waals surface area contributed by atoms with Crippen molar-refractivity contribution >= 4 is 5.91 Å². The Hall–Kier alpha value is -1.63.